The second kappa shape index (κ2) is 5.44. The summed E-state index contributed by atoms with van der Waals surface area (Å²) in [5.41, 5.74) is -1.23. The monoisotopic (exact) mass is 284 g/mol. The molecule has 0 spiro atoms. The van der Waals surface area contributed by atoms with Crippen molar-refractivity contribution in [1.29, 1.82) is 0 Å². The van der Waals surface area contributed by atoms with E-state index in [0.29, 0.717) is 12.8 Å². The molecule has 1 aromatic rings. The smallest absolute Gasteiger partial charge is 0.329 e. The van der Waals surface area contributed by atoms with E-state index in [1.54, 1.807) is 0 Å². The Morgan fingerprint density at radius 3 is 2.55 bits per heavy atom. The molecule has 3 N–H and O–H groups in total. The number of carbonyl (C=O) groups excluding carboxylic acids is 1. The lowest BCUT2D eigenvalue weighted by atomic mass is 9.77. The van der Waals surface area contributed by atoms with E-state index >= 15 is 0 Å². The fourth-order valence-electron chi connectivity index (χ4n) is 2.04. The minimum Gasteiger partial charge on any atom is -0.480 e. The number of carboxylic acid groups (broad SMARTS) is 1. The SMILES string of the molecule is O=C(NCc1cc(F)ccc1F)NC1(C(=O)O)CCC1. The summed E-state index contributed by atoms with van der Waals surface area (Å²) >= 11 is 0. The molecule has 0 atom stereocenters. The molecule has 0 saturated heterocycles. The number of nitrogens with one attached hydrogen (secondary N) is 2. The van der Waals surface area contributed by atoms with Gasteiger partial charge in [-0.15, -0.1) is 0 Å². The molecule has 0 aromatic heterocycles. The number of carbonyl (C=O) groups is 2. The summed E-state index contributed by atoms with van der Waals surface area (Å²) in [6, 6.07) is 2.21. The lowest BCUT2D eigenvalue weighted by Crippen LogP contribution is -2.61. The predicted octanol–water partition coefficient (Wildman–Crippen LogP) is 1.77. The molecule has 7 heteroatoms. The normalized spacial score (nSPS) is 16.1. The van der Waals surface area contributed by atoms with Gasteiger partial charge >= 0.3 is 12.0 Å². The minimum atomic E-state index is -1.23. The summed E-state index contributed by atoms with van der Waals surface area (Å²) in [7, 11) is 0. The summed E-state index contributed by atoms with van der Waals surface area (Å²) in [6.45, 7) is -0.217. The van der Waals surface area contributed by atoms with Crippen molar-refractivity contribution in [2.45, 2.75) is 31.3 Å². The first-order valence-electron chi connectivity index (χ1n) is 6.16. The molecule has 20 heavy (non-hydrogen) atoms. The van der Waals surface area contributed by atoms with E-state index in [0.717, 1.165) is 24.6 Å². The number of hydrogen-bond donors (Lipinski definition) is 3. The molecule has 0 heterocycles. The van der Waals surface area contributed by atoms with Crippen LogP contribution in [0.25, 0.3) is 0 Å². The topological polar surface area (TPSA) is 78.4 Å². The minimum absolute atomic E-state index is 0.00173. The molecule has 1 aromatic carbocycles. The number of hydrogen-bond acceptors (Lipinski definition) is 2. The summed E-state index contributed by atoms with van der Waals surface area (Å²) in [5, 5.41) is 13.7. The van der Waals surface area contributed by atoms with Crippen LogP contribution in [-0.4, -0.2) is 22.6 Å². The molecule has 0 unspecified atom stereocenters. The maximum absolute atomic E-state index is 13.3. The van der Waals surface area contributed by atoms with Crippen molar-refractivity contribution in [3.63, 3.8) is 0 Å². The Hall–Kier alpha value is -2.18. The third kappa shape index (κ3) is 2.87. The first-order valence-corrected chi connectivity index (χ1v) is 6.16. The van der Waals surface area contributed by atoms with Gasteiger partial charge in [0.15, 0.2) is 0 Å². The van der Waals surface area contributed by atoms with Gasteiger partial charge in [-0.2, -0.15) is 0 Å². The maximum Gasteiger partial charge on any atom is 0.329 e. The third-order valence-corrected chi connectivity index (χ3v) is 3.42. The molecule has 0 bridgehead atoms. The third-order valence-electron chi connectivity index (χ3n) is 3.42. The second-order valence-electron chi connectivity index (χ2n) is 4.78. The Bertz CT molecular complexity index is 544. The fraction of sp³-hybridized carbons (Fsp3) is 0.385. The Morgan fingerprint density at radius 2 is 2.00 bits per heavy atom. The van der Waals surface area contributed by atoms with Gasteiger partial charge in [0.05, 0.1) is 0 Å². The van der Waals surface area contributed by atoms with Gasteiger partial charge in [0.2, 0.25) is 0 Å². The zero-order valence-corrected chi connectivity index (χ0v) is 10.6. The second-order valence-corrected chi connectivity index (χ2v) is 4.78. The molecule has 108 valence electrons. The fourth-order valence-corrected chi connectivity index (χ4v) is 2.04. The highest BCUT2D eigenvalue weighted by Gasteiger charge is 2.45. The molecule has 1 aliphatic carbocycles. The first-order chi connectivity index (χ1) is 9.43. The van der Waals surface area contributed by atoms with Crippen LogP contribution in [0.2, 0.25) is 0 Å². The van der Waals surface area contributed by atoms with Crippen molar-refractivity contribution >= 4 is 12.0 Å². The molecule has 0 aliphatic heterocycles. The van der Waals surface area contributed by atoms with Crippen molar-refractivity contribution in [3.05, 3.63) is 35.4 Å². The largest absolute Gasteiger partial charge is 0.480 e. The van der Waals surface area contributed by atoms with Crippen molar-refractivity contribution in [3.8, 4) is 0 Å². The van der Waals surface area contributed by atoms with Crippen molar-refractivity contribution in [2.24, 2.45) is 0 Å². The number of benzene rings is 1. The molecule has 2 rings (SSSR count). The van der Waals surface area contributed by atoms with E-state index < -0.39 is 29.2 Å². The van der Waals surface area contributed by atoms with E-state index in [2.05, 4.69) is 10.6 Å². The maximum atomic E-state index is 13.3. The van der Waals surface area contributed by atoms with Crippen molar-refractivity contribution < 1.29 is 23.5 Å². The number of rotatable bonds is 4. The lowest BCUT2D eigenvalue weighted by molar-refractivity contribution is -0.148. The Labute approximate surface area is 114 Å². The van der Waals surface area contributed by atoms with Crippen molar-refractivity contribution in [2.75, 3.05) is 0 Å². The van der Waals surface area contributed by atoms with E-state index in [1.807, 2.05) is 0 Å². The molecule has 0 radical (unpaired) electrons. The quantitative estimate of drug-likeness (QED) is 0.788. The van der Waals surface area contributed by atoms with Crippen LogP contribution in [-0.2, 0) is 11.3 Å². The number of amides is 2. The predicted molar refractivity (Wildman–Crippen MR) is 65.9 cm³/mol. The van der Waals surface area contributed by atoms with Gasteiger partial charge in [0, 0.05) is 12.1 Å². The lowest BCUT2D eigenvalue weighted by Gasteiger charge is -2.38. The van der Waals surface area contributed by atoms with Crippen LogP contribution in [0.3, 0.4) is 0 Å². The van der Waals surface area contributed by atoms with Crippen LogP contribution < -0.4 is 10.6 Å². The zero-order chi connectivity index (χ0) is 14.8. The van der Waals surface area contributed by atoms with E-state index in [1.165, 1.54) is 0 Å². The van der Waals surface area contributed by atoms with Crippen LogP contribution in [0.4, 0.5) is 13.6 Å². The van der Waals surface area contributed by atoms with Gasteiger partial charge in [0.25, 0.3) is 0 Å². The van der Waals surface area contributed by atoms with Crippen LogP contribution in [0.15, 0.2) is 18.2 Å². The number of aliphatic carboxylic acids is 1. The highest BCUT2D eigenvalue weighted by molar-refractivity contribution is 5.87. The molecular formula is C13H14F2N2O3. The standard InChI is InChI=1S/C13H14F2N2O3/c14-9-2-3-10(15)8(6-9)7-16-12(20)17-13(11(18)19)4-1-5-13/h2-3,6H,1,4-5,7H2,(H,18,19)(H2,16,17,20). The van der Waals surface area contributed by atoms with E-state index in [9.17, 15) is 18.4 Å². The molecule has 1 saturated carbocycles. The molecular weight excluding hydrogens is 270 g/mol. The highest BCUT2D eigenvalue weighted by atomic mass is 19.1. The van der Waals surface area contributed by atoms with Crippen molar-refractivity contribution in [1.82, 2.24) is 10.6 Å². The van der Waals surface area contributed by atoms with E-state index in [-0.39, 0.29) is 12.1 Å². The van der Waals surface area contributed by atoms with Gasteiger partial charge in [-0.25, -0.2) is 18.4 Å². The average Bonchev–Trinajstić information content (AvgIpc) is 2.34. The van der Waals surface area contributed by atoms with Gasteiger partial charge in [-0.1, -0.05) is 0 Å². The summed E-state index contributed by atoms with van der Waals surface area (Å²) < 4.78 is 26.3. The molecule has 2 amide bonds. The number of halogens is 2. The van der Waals surface area contributed by atoms with Crippen LogP contribution in [0.5, 0.6) is 0 Å². The number of urea groups is 1. The molecule has 5 nitrogen and oxygen atoms in total. The van der Waals surface area contributed by atoms with Crippen LogP contribution >= 0.6 is 0 Å². The molecule has 1 aliphatic rings. The molecule has 1 fully saturated rings. The zero-order valence-electron chi connectivity index (χ0n) is 10.6. The van der Waals surface area contributed by atoms with Crippen LogP contribution in [0, 0.1) is 11.6 Å². The highest BCUT2D eigenvalue weighted by Crippen LogP contribution is 2.31. The Kier molecular flexibility index (Phi) is 3.87. The summed E-state index contributed by atoms with van der Waals surface area (Å²) in [4.78, 5) is 22.7. The average molecular weight is 284 g/mol. The number of carboxylic acids is 1. The van der Waals surface area contributed by atoms with E-state index in [4.69, 9.17) is 5.11 Å². The summed E-state index contributed by atoms with van der Waals surface area (Å²) in [6.07, 6.45) is 1.46. The van der Waals surface area contributed by atoms with Crippen LogP contribution in [0.1, 0.15) is 24.8 Å². The van der Waals surface area contributed by atoms with Gasteiger partial charge in [-0.05, 0) is 37.5 Å². The van der Waals surface area contributed by atoms with Gasteiger partial charge in [0.1, 0.15) is 17.2 Å². The Morgan fingerprint density at radius 1 is 1.30 bits per heavy atom. The van der Waals surface area contributed by atoms with Gasteiger partial charge in [-0.3, -0.25) is 0 Å². The van der Waals surface area contributed by atoms with Gasteiger partial charge < -0.3 is 15.7 Å². The first kappa shape index (κ1) is 14.2. The Balaban J connectivity index is 1.92. The summed E-state index contributed by atoms with van der Waals surface area (Å²) in [5.74, 6) is -2.33.